The van der Waals surface area contributed by atoms with Crippen molar-refractivity contribution in [1.29, 1.82) is 0 Å². The summed E-state index contributed by atoms with van der Waals surface area (Å²) in [5, 5.41) is 0. The lowest BCUT2D eigenvalue weighted by Crippen LogP contribution is -1.90. The van der Waals surface area contributed by atoms with Gasteiger partial charge in [-0.3, -0.25) is 0 Å². The van der Waals surface area contributed by atoms with Gasteiger partial charge < -0.3 is 4.79 Å². The molecule has 2 heteroatoms. The van der Waals surface area contributed by atoms with Crippen molar-refractivity contribution in [3.8, 4) is 0 Å². The summed E-state index contributed by atoms with van der Waals surface area (Å²) in [5.74, 6) is 1.09. The Bertz CT molecular complexity index is 251. The standard InChI is InChI=1S/C13H22OS/c1-11(7-8-13(3)14)5-4-6-12(2)9-10-15/h5,9,15H,4,6-8,10H2,1-3H3/b11-5+,12-9+. The molecule has 0 fully saturated rings. The Hall–Kier alpha value is -0.500. The number of carbonyl (C=O) groups excluding carboxylic acids is 1. The van der Waals surface area contributed by atoms with Crippen LogP contribution in [0.1, 0.15) is 46.5 Å². The maximum Gasteiger partial charge on any atom is 0.130 e. The van der Waals surface area contributed by atoms with Crippen molar-refractivity contribution >= 4 is 18.4 Å². The van der Waals surface area contributed by atoms with E-state index in [1.807, 2.05) is 0 Å². The van der Waals surface area contributed by atoms with Gasteiger partial charge in [0.15, 0.2) is 0 Å². The van der Waals surface area contributed by atoms with Crippen LogP contribution in [0.25, 0.3) is 0 Å². The first-order valence-corrected chi connectivity index (χ1v) is 6.11. The number of allylic oxidation sites excluding steroid dienone is 3. The number of hydrogen-bond acceptors (Lipinski definition) is 2. The lowest BCUT2D eigenvalue weighted by Gasteiger charge is -2.00. The summed E-state index contributed by atoms with van der Waals surface area (Å²) >= 11 is 4.15. The monoisotopic (exact) mass is 226 g/mol. The average Bonchev–Trinajstić information content (AvgIpc) is 2.15. The fourth-order valence-electron chi connectivity index (χ4n) is 1.28. The van der Waals surface area contributed by atoms with Crippen molar-refractivity contribution in [2.45, 2.75) is 46.5 Å². The highest BCUT2D eigenvalue weighted by molar-refractivity contribution is 7.80. The van der Waals surface area contributed by atoms with E-state index in [4.69, 9.17) is 0 Å². The maximum atomic E-state index is 10.8. The lowest BCUT2D eigenvalue weighted by atomic mass is 10.1. The molecule has 0 aromatic carbocycles. The zero-order chi connectivity index (χ0) is 11.7. The summed E-state index contributed by atoms with van der Waals surface area (Å²) in [7, 11) is 0. The van der Waals surface area contributed by atoms with Gasteiger partial charge in [0, 0.05) is 12.2 Å². The van der Waals surface area contributed by atoms with Crippen LogP contribution in [0, 0.1) is 0 Å². The normalized spacial score (nSPS) is 13.1. The van der Waals surface area contributed by atoms with E-state index in [0.29, 0.717) is 6.42 Å². The van der Waals surface area contributed by atoms with Crippen LogP contribution in [0.3, 0.4) is 0 Å². The van der Waals surface area contributed by atoms with E-state index in [-0.39, 0.29) is 5.78 Å². The second-order valence-electron chi connectivity index (χ2n) is 4.02. The molecule has 0 aromatic heterocycles. The molecule has 0 bridgehead atoms. The van der Waals surface area contributed by atoms with Crippen molar-refractivity contribution in [1.82, 2.24) is 0 Å². The quantitative estimate of drug-likeness (QED) is 0.513. The second-order valence-corrected chi connectivity index (χ2v) is 4.39. The molecule has 0 aliphatic carbocycles. The number of hydrogen-bond donors (Lipinski definition) is 1. The molecule has 86 valence electrons. The van der Waals surface area contributed by atoms with Crippen molar-refractivity contribution < 1.29 is 4.79 Å². The van der Waals surface area contributed by atoms with Crippen molar-refractivity contribution in [3.05, 3.63) is 23.3 Å². The zero-order valence-corrected chi connectivity index (χ0v) is 10.9. The smallest absolute Gasteiger partial charge is 0.130 e. The Labute approximate surface area is 99.1 Å². The van der Waals surface area contributed by atoms with Gasteiger partial charge in [0.1, 0.15) is 5.78 Å². The molecule has 0 saturated carbocycles. The van der Waals surface area contributed by atoms with Crippen LogP contribution in [0.15, 0.2) is 23.3 Å². The van der Waals surface area contributed by atoms with E-state index in [9.17, 15) is 4.79 Å². The fraction of sp³-hybridized carbons (Fsp3) is 0.615. The van der Waals surface area contributed by atoms with Gasteiger partial charge in [-0.25, -0.2) is 0 Å². The summed E-state index contributed by atoms with van der Waals surface area (Å²) < 4.78 is 0. The van der Waals surface area contributed by atoms with Crippen molar-refractivity contribution in [3.63, 3.8) is 0 Å². The molecular formula is C13H22OS. The molecule has 0 aromatic rings. The highest BCUT2D eigenvalue weighted by Crippen LogP contribution is 2.10. The molecule has 0 unspecified atom stereocenters. The van der Waals surface area contributed by atoms with Gasteiger partial charge in [0.05, 0.1) is 0 Å². The molecule has 15 heavy (non-hydrogen) atoms. The van der Waals surface area contributed by atoms with Crippen molar-refractivity contribution in [2.24, 2.45) is 0 Å². The van der Waals surface area contributed by atoms with E-state index in [0.717, 1.165) is 25.0 Å². The Kier molecular flexibility index (Phi) is 8.49. The minimum absolute atomic E-state index is 0.272. The molecule has 0 atom stereocenters. The highest BCUT2D eigenvalue weighted by Gasteiger charge is 1.95. The van der Waals surface area contributed by atoms with E-state index in [1.54, 1.807) is 6.92 Å². The van der Waals surface area contributed by atoms with Gasteiger partial charge in [0.25, 0.3) is 0 Å². The summed E-state index contributed by atoms with van der Waals surface area (Å²) in [6, 6.07) is 0. The fourth-order valence-corrected chi connectivity index (χ4v) is 1.59. The van der Waals surface area contributed by atoms with Gasteiger partial charge in [-0.05, 0) is 40.0 Å². The van der Waals surface area contributed by atoms with Gasteiger partial charge in [-0.2, -0.15) is 12.6 Å². The van der Waals surface area contributed by atoms with Crippen LogP contribution in [0.4, 0.5) is 0 Å². The first-order chi connectivity index (χ1) is 7.06. The van der Waals surface area contributed by atoms with Crippen LogP contribution in [0.5, 0.6) is 0 Å². The predicted molar refractivity (Wildman–Crippen MR) is 70.5 cm³/mol. The van der Waals surface area contributed by atoms with Crippen molar-refractivity contribution in [2.75, 3.05) is 5.75 Å². The minimum atomic E-state index is 0.272. The molecule has 0 N–H and O–H groups in total. The SMILES string of the molecule is CC(=O)CC/C(C)=C/CC/C(C)=C/CS. The number of rotatable bonds is 7. The van der Waals surface area contributed by atoms with Crippen LogP contribution in [0.2, 0.25) is 0 Å². The first kappa shape index (κ1) is 14.5. The van der Waals surface area contributed by atoms with Crippen LogP contribution in [-0.2, 0) is 4.79 Å². The topological polar surface area (TPSA) is 17.1 Å². The Morgan fingerprint density at radius 3 is 2.13 bits per heavy atom. The number of thiol groups is 1. The Morgan fingerprint density at radius 2 is 1.60 bits per heavy atom. The minimum Gasteiger partial charge on any atom is -0.300 e. The van der Waals surface area contributed by atoms with Crippen LogP contribution < -0.4 is 0 Å². The third kappa shape index (κ3) is 9.80. The third-order valence-corrected chi connectivity index (χ3v) is 2.53. The van der Waals surface area contributed by atoms with E-state index in [2.05, 4.69) is 38.6 Å². The molecule has 0 heterocycles. The predicted octanol–water partition coefficient (Wildman–Crippen LogP) is 3.96. The number of ketones is 1. The largest absolute Gasteiger partial charge is 0.300 e. The molecule has 0 radical (unpaired) electrons. The molecule has 0 saturated heterocycles. The van der Waals surface area contributed by atoms with E-state index < -0.39 is 0 Å². The van der Waals surface area contributed by atoms with Gasteiger partial charge >= 0.3 is 0 Å². The average molecular weight is 226 g/mol. The zero-order valence-electron chi connectivity index (χ0n) is 10.0. The summed E-state index contributed by atoms with van der Waals surface area (Å²) in [4.78, 5) is 10.8. The second kappa shape index (κ2) is 8.78. The Morgan fingerprint density at radius 1 is 1.00 bits per heavy atom. The van der Waals surface area contributed by atoms with Gasteiger partial charge in [0.2, 0.25) is 0 Å². The molecule has 0 aliphatic heterocycles. The summed E-state index contributed by atoms with van der Waals surface area (Å²) in [6.45, 7) is 5.88. The number of Topliss-reactive ketones (excluding diaryl/α,β-unsaturated/α-hetero) is 1. The van der Waals surface area contributed by atoms with Gasteiger partial charge in [-0.15, -0.1) is 0 Å². The molecule has 0 rings (SSSR count). The molecule has 0 aliphatic rings. The molecular weight excluding hydrogens is 204 g/mol. The maximum absolute atomic E-state index is 10.8. The third-order valence-electron chi connectivity index (χ3n) is 2.34. The molecule has 0 spiro atoms. The lowest BCUT2D eigenvalue weighted by molar-refractivity contribution is -0.116. The highest BCUT2D eigenvalue weighted by atomic mass is 32.1. The molecule has 0 amide bonds. The Balaban J connectivity index is 3.76. The van der Waals surface area contributed by atoms with Gasteiger partial charge in [-0.1, -0.05) is 23.3 Å². The van der Waals surface area contributed by atoms with E-state index in [1.165, 1.54) is 11.1 Å². The summed E-state index contributed by atoms with van der Waals surface area (Å²) in [5.41, 5.74) is 2.71. The molecule has 1 nitrogen and oxygen atoms in total. The number of carbonyl (C=O) groups is 1. The van der Waals surface area contributed by atoms with Crippen LogP contribution in [-0.4, -0.2) is 11.5 Å². The summed E-state index contributed by atoms with van der Waals surface area (Å²) in [6.07, 6.45) is 8.12. The first-order valence-electron chi connectivity index (χ1n) is 5.47. The van der Waals surface area contributed by atoms with Crippen LogP contribution >= 0.6 is 12.6 Å². The van der Waals surface area contributed by atoms with E-state index >= 15 is 0 Å².